The smallest absolute Gasteiger partial charge is 0.319 e. The van der Waals surface area contributed by atoms with Crippen molar-refractivity contribution in [2.75, 3.05) is 10.6 Å². The van der Waals surface area contributed by atoms with E-state index in [-0.39, 0.29) is 11.9 Å². The lowest BCUT2D eigenvalue weighted by Gasteiger charge is -2.09. The van der Waals surface area contributed by atoms with Gasteiger partial charge in [-0.3, -0.25) is 4.79 Å². The lowest BCUT2D eigenvalue weighted by atomic mass is 10.2. The van der Waals surface area contributed by atoms with E-state index in [1.807, 2.05) is 17.5 Å². The van der Waals surface area contributed by atoms with Crippen molar-refractivity contribution >= 4 is 34.6 Å². The van der Waals surface area contributed by atoms with Crippen molar-refractivity contribution in [3.8, 4) is 0 Å². The molecule has 2 rings (SSSR count). The first kappa shape index (κ1) is 15.1. The van der Waals surface area contributed by atoms with Gasteiger partial charge in [-0.1, -0.05) is 19.1 Å². The maximum absolute atomic E-state index is 11.8. The number of urea groups is 1. The highest BCUT2D eigenvalue weighted by Gasteiger charge is 2.04. The molecule has 1 aromatic heterocycles. The Bertz CT molecular complexity index is 611. The summed E-state index contributed by atoms with van der Waals surface area (Å²) in [6, 6.07) is 10.7. The van der Waals surface area contributed by atoms with Gasteiger partial charge in [-0.05, 0) is 29.6 Å². The Morgan fingerprint density at radius 2 is 1.86 bits per heavy atom. The third kappa shape index (κ3) is 4.92. The standard InChI is InChI=1S/C15H17N3O2S/c1-2-14(19)17-11-5-3-6-12(9-11)18-15(20)16-10-13-7-4-8-21-13/h3-9H,2,10H2,1H3,(H,17,19)(H2,16,18,20). The summed E-state index contributed by atoms with van der Waals surface area (Å²) in [5.74, 6) is -0.0608. The molecule has 0 aliphatic carbocycles. The van der Waals surface area contributed by atoms with Crippen LogP contribution in [-0.2, 0) is 11.3 Å². The van der Waals surface area contributed by atoms with Gasteiger partial charge in [-0.25, -0.2) is 4.79 Å². The normalized spacial score (nSPS) is 9.95. The van der Waals surface area contributed by atoms with Crippen LogP contribution in [0.4, 0.5) is 16.2 Å². The van der Waals surface area contributed by atoms with Gasteiger partial charge in [0.1, 0.15) is 0 Å². The van der Waals surface area contributed by atoms with E-state index >= 15 is 0 Å². The minimum absolute atomic E-state index is 0.0608. The first-order chi connectivity index (χ1) is 10.2. The number of rotatable bonds is 5. The van der Waals surface area contributed by atoms with Gasteiger partial charge in [0.25, 0.3) is 0 Å². The number of hydrogen-bond acceptors (Lipinski definition) is 3. The van der Waals surface area contributed by atoms with Gasteiger partial charge < -0.3 is 16.0 Å². The summed E-state index contributed by atoms with van der Waals surface area (Å²) in [6.45, 7) is 2.28. The van der Waals surface area contributed by atoms with E-state index in [4.69, 9.17) is 0 Å². The highest BCUT2D eigenvalue weighted by atomic mass is 32.1. The molecule has 0 atom stereocenters. The minimum Gasteiger partial charge on any atom is -0.333 e. The third-order valence-electron chi connectivity index (χ3n) is 2.73. The average Bonchev–Trinajstić information content (AvgIpc) is 2.98. The number of anilines is 2. The van der Waals surface area contributed by atoms with Gasteiger partial charge >= 0.3 is 6.03 Å². The molecule has 0 fully saturated rings. The lowest BCUT2D eigenvalue weighted by molar-refractivity contribution is -0.115. The number of hydrogen-bond donors (Lipinski definition) is 3. The predicted octanol–water partition coefficient (Wildman–Crippen LogP) is 3.42. The molecular weight excluding hydrogens is 286 g/mol. The molecule has 0 radical (unpaired) electrons. The Hall–Kier alpha value is -2.34. The van der Waals surface area contributed by atoms with E-state index < -0.39 is 0 Å². The molecule has 110 valence electrons. The second-order valence-electron chi connectivity index (χ2n) is 4.37. The number of amides is 3. The van der Waals surface area contributed by atoms with Crippen molar-refractivity contribution in [3.63, 3.8) is 0 Å². The summed E-state index contributed by atoms with van der Waals surface area (Å²) < 4.78 is 0. The summed E-state index contributed by atoms with van der Waals surface area (Å²) in [5, 5.41) is 10.2. The molecule has 0 saturated carbocycles. The summed E-state index contributed by atoms with van der Waals surface area (Å²) in [7, 11) is 0. The van der Waals surface area contributed by atoms with Crippen molar-refractivity contribution in [3.05, 3.63) is 46.7 Å². The fourth-order valence-electron chi connectivity index (χ4n) is 1.68. The minimum atomic E-state index is -0.276. The Morgan fingerprint density at radius 1 is 1.10 bits per heavy atom. The molecule has 3 amide bonds. The van der Waals surface area contributed by atoms with Crippen LogP contribution in [0.2, 0.25) is 0 Å². The second kappa shape index (κ2) is 7.44. The number of nitrogens with one attached hydrogen (secondary N) is 3. The monoisotopic (exact) mass is 303 g/mol. The van der Waals surface area contributed by atoms with Crippen LogP contribution in [0.1, 0.15) is 18.2 Å². The Labute approximate surface area is 127 Å². The summed E-state index contributed by atoms with van der Waals surface area (Å²) in [6.07, 6.45) is 0.416. The van der Waals surface area contributed by atoms with Crippen molar-refractivity contribution in [1.29, 1.82) is 0 Å². The number of thiophene rings is 1. The Morgan fingerprint density at radius 3 is 2.52 bits per heavy atom. The van der Waals surface area contributed by atoms with Crippen LogP contribution in [0.15, 0.2) is 41.8 Å². The molecule has 0 spiro atoms. The van der Waals surface area contributed by atoms with Crippen LogP contribution in [0.3, 0.4) is 0 Å². The molecule has 0 aliphatic heterocycles. The zero-order valence-electron chi connectivity index (χ0n) is 11.7. The van der Waals surface area contributed by atoms with Crippen LogP contribution in [0.5, 0.6) is 0 Å². The van der Waals surface area contributed by atoms with Crippen LogP contribution < -0.4 is 16.0 Å². The van der Waals surface area contributed by atoms with Crippen LogP contribution in [-0.4, -0.2) is 11.9 Å². The fraction of sp³-hybridized carbons (Fsp3) is 0.200. The largest absolute Gasteiger partial charge is 0.333 e. The van der Waals surface area contributed by atoms with Crippen LogP contribution in [0, 0.1) is 0 Å². The zero-order chi connectivity index (χ0) is 15.1. The van der Waals surface area contributed by atoms with Gasteiger partial charge in [0, 0.05) is 22.7 Å². The van der Waals surface area contributed by atoms with E-state index in [1.165, 1.54) is 0 Å². The molecule has 0 unspecified atom stereocenters. The average molecular weight is 303 g/mol. The maximum atomic E-state index is 11.8. The van der Waals surface area contributed by atoms with E-state index in [0.717, 1.165) is 4.88 Å². The molecule has 2 aromatic rings. The molecule has 0 saturated heterocycles. The summed E-state index contributed by atoms with van der Waals surface area (Å²) in [4.78, 5) is 24.2. The van der Waals surface area contributed by atoms with E-state index in [0.29, 0.717) is 24.3 Å². The van der Waals surface area contributed by atoms with E-state index in [1.54, 1.807) is 42.5 Å². The molecule has 5 nitrogen and oxygen atoms in total. The first-order valence-corrected chi connectivity index (χ1v) is 7.52. The Balaban J connectivity index is 1.88. The van der Waals surface area contributed by atoms with Gasteiger partial charge in [0.05, 0.1) is 6.54 Å². The predicted molar refractivity (Wildman–Crippen MR) is 85.5 cm³/mol. The quantitative estimate of drug-likeness (QED) is 0.792. The molecule has 21 heavy (non-hydrogen) atoms. The van der Waals surface area contributed by atoms with Gasteiger partial charge in [0.15, 0.2) is 0 Å². The van der Waals surface area contributed by atoms with Gasteiger partial charge in [0.2, 0.25) is 5.91 Å². The summed E-state index contributed by atoms with van der Waals surface area (Å²) >= 11 is 1.59. The van der Waals surface area contributed by atoms with Crippen LogP contribution >= 0.6 is 11.3 Å². The van der Waals surface area contributed by atoms with Gasteiger partial charge in [-0.15, -0.1) is 11.3 Å². The second-order valence-corrected chi connectivity index (χ2v) is 5.40. The highest BCUT2D eigenvalue weighted by molar-refractivity contribution is 7.09. The fourth-order valence-corrected chi connectivity index (χ4v) is 2.32. The molecule has 0 bridgehead atoms. The molecule has 1 heterocycles. The number of benzene rings is 1. The van der Waals surface area contributed by atoms with Crippen molar-refractivity contribution < 1.29 is 9.59 Å². The number of carbonyl (C=O) groups excluding carboxylic acids is 2. The maximum Gasteiger partial charge on any atom is 0.319 e. The summed E-state index contributed by atoms with van der Waals surface area (Å²) in [5.41, 5.74) is 1.30. The molecule has 0 aliphatic rings. The molecule has 1 aromatic carbocycles. The Kier molecular flexibility index (Phi) is 5.34. The molecule has 3 N–H and O–H groups in total. The topological polar surface area (TPSA) is 70.2 Å². The molecular formula is C15H17N3O2S. The first-order valence-electron chi connectivity index (χ1n) is 6.64. The van der Waals surface area contributed by atoms with E-state index in [2.05, 4.69) is 16.0 Å². The highest BCUT2D eigenvalue weighted by Crippen LogP contribution is 2.15. The third-order valence-corrected chi connectivity index (χ3v) is 3.60. The zero-order valence-corrected chi connectivity index (χ0v) is 12.5. The van der Waals surface area contributed by atoms with Crippen LogP contribution in [0.25, 0.3) is 0 Å². The molecule has 6 heteroatoms. The SMILES string of the molecule is CCC(=O)Nc1cccc(NC(=O)NCc2cccs2)c1. The van der Waals surface area contributed by atoms with E-state index in [9.17, 15) is 9.59 Å². The number of carbonyl (C=O) groups is 2. The van der Waals surface area contributed by atoms with Crippen molar-refractivity contribution in [1.82, 2.24) is 5.32 Å². The van der Waals surface area contributed by atoms with Crippen molar-refractivity contribution in [2.24, 2.45) is 0 Å². The van der Waals surface area contributed by atoms with Gasteiger partial charge in [-0.2, -0.15) is 0 Å². The lowest BCUT2D eigenvalue weighted by Crippen LogP contribution is -2.27. The van der Waals surface area contributed by atoms with Crippen molar-refractivity contribution in [2.45, 2.75) is 19.9 Å².